The van der Waals surface area contributed by atoms with Gasteiger partial charge in [-0.05, 0) is 43.7 Å². The van der Waals surface area contributed by atoms with E-state index in [1.807, 2.05) is 26.0 Å². The molecule has 0 aliphatic rings. The van der Waals surface area contributed by atoms with Crippen LogP contribution in [-0.4, -0.2) is 25.0 Å². The fourth-order valence-corrected chi connectivity index (χ4v) is 2.91. The first-order valence-corrected chi connectivity index (χ1v) is 8.96. The van der Waals surface area contributed by atoms with Gasteiger partial charge in [-0.3, -0.25) is 4.79 Å². The van der Waals surface area contributed by atoms with E-state index in [2.05, 4.69) is 16.0 Å². The molecular weight excluding hydrogens is 373 g/mol. The number of hydrogen-bond donors (Lipinski definition) is 3. The molecule has 0 aromatic heterocycles. The van der Waals surface area contributed by atoms with E-state index >= 15 is 0 Å². The van der Waals surface area contributed by atoms with Crippen molar-refractivity contribution in [1.29, 1.82) is 0 Å². The van der Waals surface area contributed by atoms with Crippen molar-refractivity contribution in [2.75, 3.05) is 13.1 Å². The summed E-state index contributed by atoms with van der Waals surface area (Å²) in [5.74, 6) is -0.173. The summed E-state index contributed by atoms with van der Waals surface area (Å²) in [5, 5.41) is 9.28. The van der Waals surface area contributed by atoms with E-state index in [-0.39, 0.29) is 18.0 Å². The van der Waals surface area contributed by atoms with E-state index in [9.17, 15) is 9.59 Å². The van der Waals surface area contributed by atoms with E-state index in [1.54, 1.807) is 30.3 Å². The molecule has 0 heterocycles. The van der Waals surface area contributed by atoms with Gasteiger partial charge in [-0.1, -0.05) is 47.0 Å². The summed E-state index contributed by atoms with van der Waals surface area (Å²) in [5.41, 5.74) is 2.46. The molecule has 0 saturated carbocycles. The Morgan fingerprint density at radius 2 is 1.65 bits per heavy atom. The molecule has 138 valence electrons. The minimum absolute atomic E-state index is 0.173. The molecule has 2 rings (SSSR count). The molecule has 7 heteroatoms. The van der Waals surface area contributed by atoms with Gasteiger partial charge in [0.25, 0.3) is 5.91 Å². The number of rotatable bonds is 6. The lowest BCUT2D eigenvalue weighted by atomic mass is 10.1. The molecule has 0 aliphatic heterocycles. The molecule has 1 atom stereocenters. The Hall–Kier alpha value is -2.24. The van der Waals surface area contributed by atoms with Gasteiger partial charge in [-0.25, -0.2) is 4.79 Å². The molecule has 2 aromatic rings. The van der Waals surface area contributed by atoms with Crippen LogP contribution in [0.15, 0.2) is 42.5 Å². The summed E-state index contributed by atoms with van der Waals surface area (Å²) in [6, 6.07) is 11.8. The Labute approximate surface area is 163 Å². The second kappa shape index (κ2) is 9.46. The zero-order valence-electron chi connectivity index (χ0n) is 14.6. The van der Waals surface area contributed by atoms with Crippen molar-refractivity contribution in [3.8, 4) is 0 Å². The second-order valence-corrected chi connectivity index (χ2v) is 6.75. The number of aryl methyl sites for hydroxylation is 1. The maximum absolute atomic E-state index is 12.0. The third kappa shape index (κ3) is 5.93. The summed E-state index contributed by atoms with van der Waals surface area (Å²) < 4.78 is 0. The molecule has 0 bridgehead atoms. The average Bonchev–Trinajstić information content (AvgIpc) is 2.59. The van der Waals surface area contributed by atoms with Gasteiger partial charge in [0.15, 0.2) is 0 Å². The molecule has 5 nitrogen and oxygen atoms in total. The van der Waals surface area contributed by atoms with Crippen LogP contribution >= 0.6 is 23.2 Å². The lowest BCUT2D eigenvalue weighted by molar-refractivity contribution is 0.0954. The molecular formula is C19H21Cl2N3O2. The Balaban J connectivity index is 1.73. The van der Waals surface area contributed by atoms with Crippen molar-refractivity contribution in [2.45, 2.75) is 19.9 Å². The maximum Gasteiger partial charge on any atom is 0.315 e. The van der Waals surface area contributed by atoms with Crippen molar-refractivity contribution in [3.05, 3.63) is 69.2 Å². The normalized spacial score (nSPS) is 11.5. The Morgan fingerprint density at radius 3 is 2.31 bits per heavy atom. The van der Waals surface area contributed by atoms with E-state index in [0.29, 0.717) is 28.7 Å². The number of carbonyl (C=O) groups excluding carboxylic acids is 2. The average molecular weight is 394 g/mol. The van der Waals surface area contributed by atoms with Gasteiger partial charge < -0.3 is 16.0 Å². The summed E-state index contributed by atoms with van der Waals surface area (Å²) in [7, 11) is 0. The molecule has 0 fully saturated rings. The lowest BCUT2D eigenvalue weighted by Gasteiger charge is -2.16. The minimum Gasteiger partial charge on any atom is -0.350 e. The molecule has 3 amide bonds. The van der Waals surface area contributed by atoms with Crippen molar-refractivity contribution in [1.82, 2.24) is 16.0 Å². The van der Waals surface area contributed by atoms with Gasteiger partial charge in [-0.15, -0.1) is 0 Å². The van der Waals surface area contributed by atoms with Crippen molar-refractivity contribution < 1.29 is 9.59 Å². The molecule has 0 radical (unpaired) electrons. The fourth-order valence-electron chi connectivity index (χ4n) is 2.34. The van der Waals surface area contributed by atoms with Crippen molar-refractivity contribution in [3.63, 3.8) is 0 Å². The summed E-state index contributed by atoms with van der Waals surface area (Å²) in [6.07, 6.45) is 0. The number of benzene rings is 2. The standard InChI is InChI=1S/C19H21Cl2N3O2/c1-12-3-5-14(6-4-12)18(25)22-9-10-23-19(26)24-13(2)16-8-7-15(20)11-17(16)21/h3-8,11,13H,9-10H2,1-2H3,(H,22,25)(H2,23,24,26). The lowest BCUT2D eigenvalue weighted by Crippen LogP contribution is -2.41. The molecule has 26 heavy (non-hydrogen) atoms. The van der Waals surface area contributed by atoms with Gasteiger partial charge in [-0.2, -0.15) is 0 Å². The first-order valence-electron chi connectivity index (χ1n) is 8.21. The van der Waals surface area contributed by atoms with Crippen LogP contribution in [0.25, 0.3) is 0 Å². The zero-order chi connectivity index (χ0) is 19.1. The zero-order valence-corrected chi connectivity index (χ0v) is 16.1. The molecule has 0 saturated heterocycles. The Kier molecular flexibility index (Phi) is 7.30. The molecule has 0 spiro atoms. The number of amides is 3. The second-order valence-electron chi connectivity index (χ2n) is 5.91. The summed E-state index contributed by atoms with van der Waals surface area (Å²) in [4.78, 5) is 23.9. The molecule has 1 unspecified atom stereocenters. The minimum atomic E-state index is -0.340. The highest BCUT2D eigenvalue weighted by molar-refractivity contribution is 6.35. The van der Waals surface area contributed by atoms with Crippen LogP contribution < -0.4 is 16.0 Å². The van der Waals surface area contributed by atoms with Crippen molar-refractivity contribution in [2.24, 2.45) is 0 Å². The van der Waals surface area contributed by atoms with Gasteiger partial charge in [0.1, 0.15) is 0 Å². The van der Waals surface area contributed by atoms with E-state index in [0.717, 1.165) is 11.1 Å². The highest BCUT2D eigenvalue weighted by Crippen LogP contribution is 2.25. The first kappa shape index (κ1) is 20.1. The number of halogens is 2. The van der Waals surface area contributed by atoms with Gasteiger partial charge in [0, 0.05) is 28.7 Å². The van der Waals surface area contributed by atoms with Crippen LogP contribution in [0.1, 0.15) is 34.5 Å². The first-order chi connectivity index (χ1) is 12.4. The Bertz CT molecular complexity index is 779. The molecule has 3 N–H and O–H groups in total. The number of urea groups is 1. The largest absolute Gasteiger partial charge is 0.350 e. The predicted octanol–water partition coefficient (Wildman–Crippen LogP) is 4.09. The van der Waals surface area contributed by atoms with Gasteiger partial charge in [0.2, 0.25) is 0 Å². The van der Waals surface area contributed by atoms with Crippen LogP contribution in [-0.2, 0) is 0 Å². The van der Waals surface area contributed by atoms with Crippen molar-refractivity contribution >= 4 is 35.1 Å². The number of hydrogen-bond acceptors (Lipinski definition) is 2. The monoisotopic (exact) mass is 393 g/mol. The van der Waals surface area contributed by atoms with Gasteiger partial charge in [0.05, 0.1) is 6.04 Å². The highest BCUT2D eigenvalue weighted by atomic mass is 35.5. The Morgan fingerprint density at radius 1 is 1.00 bits per heavy atom. The van der Waals surface area contributed by atoms with Crippen LogP contribution in [0.5, 0.6) is 0 Å². The molecule has 0 aliphatic carbocycles. The predicted molar refractivity (Wildman–Crippen MR) is 105 cm³/mol. The van der Waals surface area contributed by atoms with Crippen LogP contribution in [0, 0.1) is 6.92 Å². The topological polar surface area (TPSA) is 70.2 Å². The summed E-state index contributed by atoms with van der Waals surface area (Å²) in [6.45, 7) is 4.43. The summed E-state index contributed by atoms with van der Waals surface area (Å²) >= 11 is 12.0. The molecule has 2 aromatic carbocycles. The van der Waals surface area contributed by atoms with Crippen LogP contribution in [0.3, 0.4) is 0 Å². The van der Waals surface area contributed by atoms with Gasteiger partial charge >= 0.3 is 6.03 Å². The van der Waals surface area contributed by atoms with Crippen LogP contribution in [0.2, 0.25) is 10.0 Å². The fraction of sp³-hybridized carbons (Fsp3) is 0.263. The quantitative estimate of drug-likeness (QED) is 0.646. The SMILES string of the molecule is Cc1ccc(C(=O)NCCNC(=O)NC(C)c2ccc(Cl)cc2Cl)cc1. The third-order valence-electron chi connectivity index (χ3n) is 3.79. The number of carbonyl (C=O) groups is 2. The maximum atomic E-state index is 12.0. The van der Waals surface area contributed by atoms with E-state index < -0.39 is 0 Å². The van der Waals surface area contributed by atoms with E-state index in [4.69, 9.17) is 23.2 Å². The van der Waals surface area contributed by atoms with Crippen LogP contribution in [0.4, 0.5) is 4.79 Å². The third-order valence-corrected chi connectivity index (χ3v) is 4.35. The smallest absolute Gasteiger partial charge is 0.315 e. The number of nitrogens with one attached hydrogen (secondary N) is 3. The van der Waals surface area contributed by atoms with E-state index in [1.165, 1.54) is 0 Å². The highest BCUT2D eigenvalue weighted by Gasteiger charge is 2.12.